The fourth-order valence-corrected chi connectivity index (χ4v) is 9.05. The van der Waals surface area contributed by atoms with Crippen LogP contribution in [-0.2, 0) is 28.6 Å². The zero-order chi connectivity index (χ0) is 53.6. The highest BCUT2D eigenvalue weighted by atomic mass is 16.6. The van der Waals surface area contributed by atoms with Gasteiger partial charge >= 0.3 is 17.9 Å². The van der Waals surface area contributed by atoms with Gasteiger partial charge in [0.25, 0.3) is 0 Å². The maximum atomic E-state index is 12.9. The molecule has 0 saturated carbocycles. The fourth-order valence-electron chi connectivity index (χ4n) is 9.05. The zero-order valence-corrected chi connectivity index (χ0v) is 49.1. The van der Waals surface area contributed by atoms with E-state index in [0.717, 1.165) is 89.9 Å². The van der Waals surface area contributed by atoms with Crippen LogP contribution in [0.5, 0.6) is 0 Å². The Morgan fingerprint density at radius 2 is 0.500 bits per heavy atom. The molecule has 0 aromatic rings. The molecule has 428 valence electrons. The molecule has 0 rings (SSSR count). The second kappa shape index (κ2) is 62.4. The van der Waals surface area contributed by atoms with Gasteiger partial charge in [-0.2, -0.15) is 0 Å². The van der Waals surface area contributed by atoms with Crippen molar-refractivity contribution < 1.29 is 28.6 Å². The van der Waals surface area contributed by atoms with Gasteiger partial charge < -0.3 is 14.2 Å². The van der Waals surface area contributed by atoms with Gasteiger partial charge in [0, 0.05) is 19.3 Å². The number of ether oxygens (including phenoxy) is 3. The van der Waals surface area contributed by atoms with Crippen LogP contribution in [0.1, 0.15) is 323 Å². The van der Waals surface area contributed by atoms with Gasteiger partial charge in [-0.3, -0.25) is 14.4 Å². The lowest BCUT2D eigenvalue weighted by Crippen LogP contribution is -2.30. The first-order valence-corrected chi connectivity index (χ1v) is 31.9. The minimum Gasteiger partial charge on any atom is -0.462 e. The zero-order valence-electron chi connectivity index (χ0n) is 49.1. The minimum absolute atomic E-state index is 0.0826. The summed E-state index contributed by atoms with van der Waals surface area (Å²) in [4.78, 5) is 38.3. The highest BCUT2D eigenvalue weighted by Gasteiger charge is 2.19. The molecule has 0 aliphatic rings. The monoisotopic (exact) mass is 1030 g/mol. The Labute approximate surface area is 459 Å². The summed E-state index contributed by atoms with van der Waals surface area (Å²) in [6.45, 7) is 6.60. The van der Waals surface area contributed by atoms with Crippen molar-refractivity contribution in [1.82, 2.24) is 0 Å². The van der Waals surface area contributed by atoms with E-state index in [9.17, 15) is 14.4 Å². The van der Waals surface area contributed by atoms with E-state index in [2.05, 4.69) is 93.7 Å². The van der Waals surface area contributed by atoms with Crippen molar-refractivity contribution in [1.29, 1.82) is 0 Å². The molecule has 0 N–H and O–H groups in total. The Kier molecular flexibility index (Phi) is 59.7. The summed E-state index contributed by atoms with van der Waals surface area (Å²) in [5.74, 6) is -0.892. The van der Waals surface area contributed by atoms with Crippen molar-refractivity contribution in [3.8, 4) is 0 Å². The van der Waals surface area contributed by atoms with Crippen LogP contribution in [0.25, 0.3) is 0 Å². The van der Waals surface area contributed by atoms with Crippen molar-refractivity contribution in [2.75, 3.05) is 13.2 Å². The van der Waals surface area contributed by atoms with E-state index >= 15 is 0 Å². The average molecular weight is 1030 g/mol. The number of unbranched alkanes of at least 4 members (excludes halogenated alkanes) is 35. The van der Waals surface area contributed by atoms with E-state index in [1.807, 2.05) is 0 Å². The number of carbonyl (C=O) groups excluding carboxylic acids is 3. The minimum atomic E-state index is -0.786. The number of allylic oxidation sites excluding steroid dienone is 12. The van der Waals surface area contributed by atoms with Crippen LogP contribution >= 0.6 is 0 Å². The van der Waals surface area contributed by atoms with Crippen LogP contribution in [0.4, 0.5) is 0 Å². The van der Waals surface area contributed by atoms with E-state index in [1.54, 1.807) is 0 Å². The lowest BCUT2D eigenvalue weighted by Gasteiger charge is -2.18. The largest absolute Gasteiger partial charge is 0.462 e. The van der Waals surface area contributed by atoms with Gasteiger partial charge in [-0.25, -0.2) is 0 Å². The Balaban J connectivity index is 4.33. The average Bonchev–Trinajstić information content (AvgIpc) is 3.40. The third kappa shape index (κ3) is 59.7. The van der Waals surface area contributed by atoms with Crippen LogP contribution in [0, 0.1) is 0 Å². The lowest BCUT2D eigenvalue weighted by atomic mass is 10.1. The fraction of sp³-hybridized carbons (Fsp3) is 0.779. The molecule has 0 bridgehead atoms. The summed E-state index contributed by atoms with van der Waals surface area (Å²) in [6.07, 6.45) is 80.4. The maximum absolute atomic E-state index is 12.9. The molecule has 0 aliphatic carbocycles. The molecule has 0 spiro atoms. The van der Waals surface area contributed by atoms with Crippen LogP contribution < -0.4 is 0 Å². The molecule has 0 fully saturated rings. The number of hydrogen-bond acceptors (Lipinski definition) is 6. The van der Waals surface area contributed by atoms with Gasteiger partial charge in [-0.1, -0.05) is 267 Å². The van der Waals surface area contributed by atoms with E-state index in [1.165, 1.54) is 193 Å². The molecule has 74 heavy (non-hydrogen) atoms. The van der Waals surface area contributed by atoms with Gasteiger partial charge in [0.2, 0.25) is 0 Å². The van der Waals surface area contributed by atoms with Crippen molar-refractivity contribution >= 4 is 17.9 Å². The quantitative estimate of drug-likeness (QED) is 0.0261. The number of esters is 3. The Hall–Kier alpha value is -3.15. The summed E-state index contributed by atoms with van der Waals surface area (Å²) in [5, 5.41) is 0. The SMILES string of the molecule is CCCC/C=C\C/C=C\CCCCCCCC(=O)OCC(COC(=O)CCCCCCCCCCCC/C=C\C/C=C\C/C=C\CCCCCCC)OC(=O)CCCCCCCCC/C=C\CCCCCCCC. The van der Waals surface area contributed by atoms with Crippen molar-refractivity contribution in [3.05, 3.63) is 72.9 Å². The summed E-state index contributed by atoms with van der Waals surface area (Å²) in [6, 6.07) is 0. The second-order valence-electron chi connectivity index (χ2n) is 21.3. The first-order valence-electron chi connectivity index (χ1n) is 31.9. The van der Waals surface area contributed by atoms with Gasteiger partial charge in [0.15, 0.2) is 6.10 Å². The molecule has 0 aromatic heterocycles. The molecule has 0 aliphatic heterocycles. The first kappa shape index (κ1) is 70.8. The highest BCUT2D eigenvalue weighted by molar-refractivity contribution is 5.71. The highest BCUT2D eigenvalue weighted by Crippen LogP contribution is 2.16. The Bertz CT molecular complexity index is 1370. The molecule has 0 amide bonds. The van der Waals surface area contributed by atoms with Gasteiger partial charge in [0.05, 0.1) is 0 Å². The predicted octanol–water partition coefficient (Wildman–Crippen LogP) is 21.7. The van der Waals surface area contributed by atoms with Crippen LogP contribution in [0.15, 0.2) is 72.9 Å². The smallest absolute Gasteiger partial charge is 0.306 e. The van der Waals surface area contributed by atoms with E-state index in [0.29, 0.717) is 19.3 Å². The normalized spacial score (nSPS) is 12.5. The Morgan fingerprint density at radius 1 is 0.270 bits per heavy atom. The van der Waals surface area contributed by atoms with Crippen LogP contribution in [0.2, 0.25) is 0 Å². The molecule has 6 nitrogen and oxygen atoms in total. The Morgan fingerprint density at radius 3 is 0.811 bits per heavy atom. The van der Waals surface area contributed by atoms with Gasteiger partial charge in [-0.05, 0) is 109 Å². The first-order chi connectivity index (χ1) is 36.5. The molecular formula is C68H120O6. The standard InChI is InChI=1S/C68H120O6/c1-4-7-10-13-16-19-22-25-28-30-31-32-33-34-35-36-37-39-40-43-46-49-52-55-58-61-67(70)73-64-65(63-72-66(69)60-57-54-51-48-45-42-27-24-21-18-15-12-9-6-3)74-68(71)62-59-56-53-50-47-44-41-38-29-26-23-20-17-14-11-8-5-2/h15,18,22,24-27,29-31,33-34,65H,4-14,16-17,19-21,23,28,32,35-64H2,1-3H3/b18-15-,25-22-,27-24-,29-26-,31-30-,34-33-. The molecule has 1 unspecified atom stereocenters. The number of carbonyl (C=O) groups is 3. The van der Waals surface area contributed by atoms with Crippen LogP contribution in [0.3, 0.4) is 0 Å². The summed E-state index contributed by atoms with van der Waals surface area (Å²) in [5.41, 5.74) is 0. The topological polar surface area (TPSA) is 78.9 Å². The number of rotatable bonds is 58. The van der Waals surface area contributed by atoms with Crippen molar-refractivity contribution in [3.63, 3.8) is 0 Å². The molecule has 1 atom stereocenters. The lowest BCUT2D eigenvalue weighted by molar-refractivity contribution is -0.167. The predicted molar refractivity (Wildman–Crippen MR) is 321 cm³/mol. The van der Waals surface area contributed by atoms with E-state index in [4.69, 9.17) is 14.2 Å². The molecule has 0 radical (unpaired) electrons. The maximum Gasteiger partial charge on any atom is 0.306 e. The van der Waals surface area contributed by atoms with Gasteiger partial charge in [0.1, 0.15) is 13.2 Å². The van der Waals surface area contributed by atoms with Crippen molar-refractivity contribution in [2.24, 2.45) is 0 Å². The molecule has 0 saturated heterocycles. The third-order valence-corrected chi connectivity index (χ3v) is 13.9. The van der Waals surface area contributed by atoms with Crippen LogP contribution in [-0.4, -0.2) is 37.2 Å². The van der Waals surface area contributed by atoms with E-state index < -0.39 is 6.10 Å². The second-order valence-corrected chi connectivity index (χ2v) is 21.3. The molecule has 6 heteroatoms. The summed E-state index contributed by atoms with van der Waals surface area (Å²) >= 11 is 0. The van der Waals surface area contributed by atoms with Crippen molar-refractivity contribution in [2.45, 2.75) is 329 Å². The molecular weight excluding hydrogens is 913 g/mol. The number of hydrogen-bond donors (Lipinski definition) is 0. The van der Waals surface area contributed by atoms with Gasteiger partial charge in [-0.15, -0.1) is 0 Å². The molecule has 0 heterocycles. The summed E-state index contributed by atoms with van der Waals surface area (Å²) < 4.78 is 16.9. The molecule has 0 aromatic carbocycles. The van der Waals surface area contributed by atoms with E-state index in [-0.39, 0.29) is 31.1 Å². The summed E-state index contributed by atoms with van der Waals surface area (Å²) in [7, 11) is 0. The third-order valence-electron chi connectivity index (χ3n) is 13.9.